The second-order valence-corrected chi connectivity index (χ2v) is 7.91. The zero-order chi connectivity index (χ0) is 22.4. The van der Waals surface area contributed by atoms with Crippen molar-refractivity contribution in [2.45, 2.75) is 25.8 Å². The van der Waals surface area contributed by atoms with Crippen LogP contribution in [0.2, 0.25) is 5.02 Å². The van der Waals surface area contributed by atoms with E-state index in [1.807, 2.05) is 0 Å². The molecule has 0 spiro atoms. The van der Waals surface area contributed by atoms with E-state index in [1.165, 1.54) is 24.7 Å². The van der Waals surface area contributed by atoms with Crippen LogP contribution in [0.25, 0.3) is 0 Å². The van der Waals surface area contributed by atoms with E-state index in [0.717, 1.165) is 5.56 Å². The summed E-state index contributed by atoms with van der Waals surface area (Å²) in [5.41, 5.74) is 1.64. The van der Waals surface area contributed by atoms with E-state index in [4.69, 9.17) is 20.8 Å². The zero-order valence-corrected chi connectivity index (χ0v) is 18.4. The van der Waals surface area contributed by atoms with Gasteiger partial charge in [-0.3, -0.25) is 19.7 Å². The van der Waals surface area contributed by atoms with Gasteiger partial charge in [-0.2, -0.15) is 0 Å². The highest BCUT2D eigenvalue weighted by Crippen LogP contribution is 2.21. The molecule has 3 rings (SSSR count). The van der Waals surface area contributed by atoms with E-state index in [2.05, 4.69) is 15.6 Å². The lowest BCUT2D eigenvalue weighted by Crippen LogP contribution is -2.31. The molecule has 0 aliphatic carbocycles. The van der Waals surface area contributed by atoms with Crippen molar-refractivity contribution in [3.8, 4) is 0 Å². The maximum absolute atomic E-state index is 12.6. The number of carbonyl (C=O) groups excluding carboxylic acids is 3. The summed E-state index contributed by atoms with van der Waals surface area (Å²) >= 11 is 7.13. The Morgan fingerprint density at radius 1 is 1.23 bits per heavy atom. The van der Waals surface area contributed by atoms with E-state index in [9.17, 15) is 14.4 Å². The summed E-state index contributed by atoms with van der Waals surface area (Å²) in [7, 11) is 1.29. The lowest BCUT2D eigenvalue weighted by Gasteiger charge is -2.18. The number of anilines is 1. The number of aryl methyl sites for hydroxylation is 1. The molecule has 1 atom stereocenters. The summed E-state index contributed by atoms with van der Waals surface area (Å²) in [6.07, 6.45) is 1.40. The minimum Gasteiger partial charge on any atom is -0.469 e. The molecule has 0 bridgehead atoms. The van der Waals surface area contributed by atoms with Crippen molar-refractivity contribution in [2.75, 3.05) is 12.4 Å². The SMILES string of the molecule is COC(=O)CC(NC(=O)Cc1csc(NC(=O)c2ccoc2C)n1)c1ccc(Cl)cc1. The van der Waals surface area contributed by atoms with E-state index in [1.54, 1.807) is 42.6 Å². The summed E-state index contributed by atoms with van der Waals surface area (Å²) in [5.74, 6) is -0.601. The average molecular weight is 462 g/mol. The van der Waals surface area contributed by atoms with Crippen molar-refractivity contribution in [3.63, 3.8) is 0 Å². The predicted octanol–water partition coefficient (Wildman–Crippen LogP) is 3.91. The molecule has 2 N–H and O–H groups in total. The van der Waals surface area contributed by atoms with Crippen LogP contribution in [-0.2, 0) is 20.7 Å². The fourth-order valence-electron chi connectivity index (χ4n) is 2.84. The lowest BCUT2D eigenvalue weighted by molar-refractivity contribution is -0.141. The Morgan fingerprint density at radius 2 is 1.97 bits per heavy atom. The van der Waals surface area contributed by atoms with Gasteiger partial charge in [0, 0.05) is 10.4 Å². The number of esters is 1. The molecule has 2 amide bonds. The molecule has 2 aromatic heterocycles. The molecule has 1 aromatic carbocycles. The molecule has 1 unspecified atom stereocenters. The third kappa shape index (κ3) is 6.16. The third-order valence-electron chi connectivity index (χ3n) is 4.42. The molecule has 0 aliphatic rings. The lowest BCUT2D eigenvalue weighted by atomic mass is 10.0. The zero-order valence-electron chi connectivity index (χ0n) is 16.8. The number of rotatable bonds is 8. The highest BCUT2D eigenvalue weighted by molar-refractivity contribution is 7.14. The predicted molar refractivity (Wildman–Crippen MR) is 116 cm³/mol. The quantitative estimate of drug-likeness (QED) is 0.492. The van der Waals surface area contributed by atoms with Crippen molar-refractivity contribution < 1.29 is 23.5 Å². The fourth-order valence-corrected chi connectivity index (χ4v) is 3.67. The van der Waals surface area contributed by atoms with Crippen molar-refractivity contribution in [1.29, 1.82) is 0 Å². The number of methoxy groups -OCH3 is 1. The molecule has 2 heterocycles. The van der Waals surface area contributed by atoms with Crippen LogP contribution in [0.1, 0.15) is 39.8 Å². The topological polar surface area (TPSA) is 111 Å². The number of carbonyl (C=O) groups is 3. The van der Waals surface area contributed by atoms with Crippen LogP contribution in [0.15, 0.2) is 46.4 Å². The summed E-state index contributed by atoms with van der Waals surface area (Å²) in [4.78, 5) is 40.9. The van der Waals surface area contributed by atoms with Crippen LogP contribution in [-0.4, -0.2) is 29.9 Å². The molecule has 162 valence electrons. The summed E-state index contributed by atoms with van der Waals surface area (Å²) in [6.45, 7) is 1.69. The van der Waals surface area contributed by atoms with Crippen LogP contribution in [0.5, 0.6) is 0 Å². The number of hydrogen-bond donors (Lipinski definition) is 2. The minimum absolute atomic E-state index is 0.0115. The number of benzene rings is 1. The maximum Gasteiger partial charge on any atom is 0.307 e. The summed E-state index contributed by atoms with van der Waals surface area (Å²) in [5, 5.41) is 8.13. The van der Waals surface area contributed by atoms with Crippen LogP contribution >= 0.6 is 22.9 Å². The van der Waals surface area contributed by atoms with Crippen molar-refractivity contribution >= 4 is 45.9 Å². The first-order chi connectivity index (χ1) is 14.9. The van der Waals surface area contributed by atoms with Crippen molar-refractivity contribution in [1.82, 2.24) is 10.3 Å². The first kappa shape index (κ1) is 22.5. The van der Waals surface area contributed by atoms with E-state index in [0.29, 0.717) is 27.2 Å². The maximum atomic E-state index is 12.6. The number of thiazole rings is 1. The number of ether oxygens (including phenoxy) is 1. The molecule has 0 aliphatic heterocycles. The Balaban J connectivity index is 1.63. The van der Waals surface area contributed by atoms with Crippen LogP contribution in [0, 0.1) is 6.92 Å². The van der Waals surface area contributed by atoms with Gasteiger partial charge < -0.3 is 14.5 Å². The van der Waals surface area contributed by atoms with Gasteiger partial charge >= 0.3 is 5.97 Å². The van der Waals surface area contributed by atoms with E-state index in [-0.39, 0.29) is 24.7 Å². The molecule has 0 fully saturated rings. The fraction of sp³-hybridized carbons (Fsp3) is 0.238. The molecule has 31 heavy (non-hydrogen) atoms. The first-order valence-corrected chi connectivity index (χ1v) is 10.5. The van der Waals surface area contributed by atoms with Gasteiger partial charge in [0.25, 0.3) is 5.91 Å². The second-order valence-electron chi connectivity index (χ2n) is 6.62. The molecular formula is C21H20ClN3O5S. The summed E-state index contributed by atoms with van der Waals surface area (Å²) < 4.78 is 9.86. The number of nitrogens with zero attached hydrogens (tertiary/aromatic N) is 1. The van der Waals surface area contributed by atoms with Crippen LogP contribution in [0.4, 0.5) is 5.13 Å². The van der Waals surface area contributed by atoms with Gasteiger partial charge in [-0.1, -0.05) is 23.7 Å². The molecular weight excluding hydrogens is 442 g/mol. The molecule has 0 saturated heterocycles. The summed E-state index contributed by atoms with van der Waals surface area (Å²) in [6, 6.07) is 7.86. The highest BCUT2D eigenvalue weighted by atomic mass is 35.5. The average Bonchev–Trinajstić information content (AvgIpc) is 3.36. The van der Waals surface area contributed by atoms with Gasteiger partial charge in [-0.05, 0) is 30.7 Å². The minimum atomic E-state index is -0.570. The Kier molecular flexibility index (Phi) is 7.43. The van der Waals surface area contributed by atoms with Crippen LogP contribution < -0.4 is 10.6 Å². The van der Waals surface area contributed by atoms with E-state index >= 15 is 0 Å². The first-order valence-electron chi connectivity index (χ1n) is 9.27. The molecule has 8 nitrogen and oxygen atoms in total. The third-order valence-corrected chi connectivity index (χ3v) is 5.48. The van der Waals surface area contributed by atoms with Gasteiger partial charge in [0.1, 0.15) is 5.76 Å². The van der Waals surface area contributed by atoms with Gasteiger partial charge in [0.2, 0.25) is 5.91 Å². The second kappa shape index (κ2) is 10.2. The van der Waals surface area contributed by atoms with Crippen molar-refractivity contribution in [3.05, 3.63) is 69.6 Å². The number of hydrogen-bond acceptors (Lipinski definition) is 7. The van der Waals surface area contributed by atoms with Crippen molar-refractivity contribution in [2.24, 2.45) is 0 Å². The molecule has 3 aromatic rings. The highest BCUT2D eigenvalue weighted by Gasteiger charge is 2.20. The number of aromatic nitrogens is 1. The number of halogens is 1. The number of nitrogens with one attached hydrogen (secondary N) is 2. The van der Waals surface area contributed by atoms with Gasteiger partial charge in [0.15, 0.2) is 5.13 Å². The van der Waals surface area contributed by atoms with E-state index < -0.39 is 12.0 Å². The van der Waals surface area contributed by atoms with Gasteiger partial charge in [-0.15, -0.1) is 11.3 Å². The van der Waals surface area contributed by atoms with Gasteiger partial charge in [-0.25, -0.2) is 4.98 Å². The number of amides is 2. The molecule has 0 radical (unpaired) electrons. The molecule has 10 heteroatoms. The normalized spacial score (nSPS) is 11.6. The number of furan rings is 1. The Bertz CT molecular complexity index is 1080. The monoisotopic (exact) mass is 461 g/mol. The van der Waals surface area contributed by atoms with Gasteiger partial charge in [0.05, 0.1) is 43.5 Å². The largest absolute Gasteiger partial charge is 0.469 e. The van der Waals surface area contributed by atoms with Crippen LogP contribution in [0.3, 0.4) is 0 Å². The Labute approximate surface area is 187 Å². The molecule has 0 saturated carbocycles. The Hall–Kier alpha value is -3.17. The smallest absolute Gasteiger partial charge is 0.307 e. The standard InChI is InChI=1S/C21H20ClN3O5S/c1-12-16(7-8-30-12)20(28)25-21-23-15(11-31-21)9-18(26)24-17(10-19(27)29-2)13-3-5-14(22)6-4-13/h3-8,11,17H,9-10H2,1-2H3,(H,24,26)(H,23,25,28). The Morgan fingerprint density at radius 3 is 2.61 bits per heavy atom.